The second-order valence-corrected chi connectivity index (χ2v) is 7.43. The second kappa shape index (κ2) is 6.88. The summed E-state index contributed by atoms with van der Waals surface area (Å²) in [7, 11) is 3.34. The van der Waals surface area contributed by atoms with E-state index in [9.17, 15) is 14.0 Å². The maximum Gasteiger partial charge on any atom is 0.254 e. The fraction of sp³-hybridized carbons (Fsp3) is 0.217. The van der Waals surface area contributed by atoms with Crippen LogP contribution >= 0.6 is 0 Å². The third-order valence-corrected chi connectivity index (χ3v) is 5.24. The Bertz CT molecular complexity index is 1280. The summed E-state index contributed by atoms with van der Waals surface area (Å²) >= 11 is 0. The molecule has 4 rings (SSSR count). The molecule has 0 aliphatic heterocycles. The Hall–Kier alpha value is -3.41. The number of aromatic nitrogens is 2. The molecule has 0 atom stereocenters. The van der Waals surface area contributed by atoms with Crippen LogP contribution in [0.1, 0.15) is 22.3 Å². The fourth-order valence-electron chi connectivity index (χ4n) is 3.78. The summed E-state index contributed by atoms with van der Waals surface area (Å²) in [6, 6.07) is 4.34. The minimum absolute atomic E-state index is 0.0507. The highest BCUT2D eigenvalue weighted by Crippen LogP contribution is 2.38. The van der Waals surface area contributed by atoms with Crippen molar-refractivity contribution < 1.29 is 9.13 Å². The smallest absolute Gasteiger partial charge is 0.254 e. The molecule has 1 aromatic carbocycles. The lowest BCUT2D eigenvalue weighted by Crippen LogP contribution is -2.22. The normalized spacial score (nSPS) is 12.3. The van der Waals surface area contributed by atoms with Crippen LogP contribution in [0.25, 0.3) is 17.2 Å². The molecule has 0 saturated heterocycles. The molecule has 3 aromatic rings. The Morgan fingerprint density at radius 2 is 1.66 bits per heavy atom. The molecular formula is C23H21FN2O3. The molecule has 0 spiro atoms. The lowest BCUT2D eigenvalue weighted by Gasteiger charge is -2.18. The third-order valence-electron chi connectivity index (χ3n) is 5.24. The number of fused-ring (bicyclic) bond motifs is 1. The molecule has 6 heteroatoms. The van der Waals surface area contributed by atoms with E-state index < -0.39 is 0 Å². The topological polar surface area (TPSA) is 53.2 Å². The monoisotopic (exact) mass is 392 g/mol. The van der Waals surface area contributed by atoms with Gasteiger partial charge >= 0.3 is 0 Å². The first-order valence-corrected chi connectivity index (χ1v) is 9.31. The van der Waals surface area contributed by atoms with Gasteiger partial charge in [0.15, 0.2) is 5.75 Å². The number of pyridine rings is 2. The van der Waals surface area contributed by atoms with E-state index in [2.05, 4.69) is 0 Å². The summed E-state index contributed by atoms with van der Waals surface area (Å²) in [6.07, 6.45) is 7.75. The number of nitrogens with zero attached hydrogens (tertiary/aromatic N) is 2. The van der Waals surface area contributed by atoms with Gasteiger partial charge in [-0.05, 0) is 49.1 Å². The van der Waals surface area contributed by atoms with Crippen molar-refractivity contribution >= 4 is 6.08 Å². The van der Waals surface area contributed by atoms with Gasteiger partial charge in [-0.25, -0.2) is 4.39 Å². The van der Waals surface area contributed by atoms with Crippen LogP contribution in [0.4, 0.5) is 4.39 Å². The predicted octanol–water partition coefficient (Wildman–Crippen LogP) is 3.87. The number of benzene rings is 1. The van der Waals surface area contributed by atoms with E-state index in [0.717, 1.165) is 11.1 Å². The van der Waals surface area contributed by atoms with Crippen LogP contribution in [-0.2, 0) is 20.5 Å². The average molecular weight is 392 g/mol. The van der Waals surface area contributed by atoms with Crippen molar-refractivity contribution in [3.8, 4) is 22.6 Å². The van der Waals surface area contributed by atoms with Crippen molar-refractivity contribution in [2.75, 3.05) is 0 Å². The van der Waals surface area contributed by atoms with E-state index >= 15 is 0 Å². The predicted molar refractivity (Wildman–Crippen MR) is 111 cm³/mol. The summed E-state index contributed by atoms with van der Waals surface area (Å²) < 4.78 is 22.9. The highest BCUT2D eigenvalue weighted by molar-refractivity contribution is 5.81. The SMILES string of the molecule is Cc1cc(F)cc(C)c1Oc1cn(C)c(=O)cc1-c1cn(C)c(=O)c2c1C=CC2. The van der Waals surface area contributed by atoms with Crippen LogP contribution in [0.5, 0.6) is 11.5 Å². The van der Waals surface area contributed by atoms with Gasteiger partial charge in [0.2, 0.25) is 0 Å². The van der Waals surface area contributed by atoms with E-state index in [0.29, 0.717) is 40.2 Å². The molecule has 0 fully saturated rings. The number of allylic oxidation sites excluding steroid dienone is 1. The maximum atomic E-state index is 13.7. The summed E-state index contributed by atoms with van der Waals surface area (Å²) in [5.74, 6) is 0.684. The van der Waals surface area contributed by atoms with E-state index in [1.807, 2.05) is 12.2 Å². The molecule has 2 heterocycles. The van der Waals surface area contributed by atoms with Gasteiger partial charge < -0.3 is 13.9 Å². The fourth-order valence-corrected chi connectivity index (χ4v) is 3.78. The molecule has 5 nitrogen and oxygen atoms in total. The Kier molecular flexibility index (Phi) is 4.49. The van der Waals surface area contributed by atoms with Crippen LogP contribution in [-0.4, -0.2) is 9.13 Å². The van der Waals surface area contributed by atoms with Crippen molar-refractivity contribution in [1.29, 1.82) is 0 Å². The van der Waals surface area contributed by atoms with Crippen LogP contribution in [0.2, 0.25) is 0 Å². The summed E-state index contributed by atoms with van der Waals surface area (Å²) in [6.45, 7) is 3.55. The zero-order valence-electron chi connectivity index (χ0n) is 16.7. The lowest BCUT2D eigenvalue weighted by atomic mass is 9.99. The lowest BCUT2D eigenvalue weighted by molar-refractivity contribution is 0.468. The van der Waals surface area contributed by atoms with Crippen LogP contribution in [0.3, 0.4) is 0 Å². The molecule has 0 N–H and O–H groups in total. The highest BCUT2D eigenvalue weighted by atomic mass is 19.1. The van der Waals surface area contributed by atoms with E-state index in [-0.39, 0.29) is 16.9 Å². The Balaban J connectivity index is 1.96. The summed E-state index contributed by atoms with van der Waals surface area (Å²) in [4.78, 5) is 24.9. The minimum Gasteiger partial charge on any atom is -0.455 e. The number of aryl methyl sites for hydroxylation is 4. The van der Waals surface area contributed by atoms with Gasteiger partial charge in [-0.1, -0.05) is 12.2 Å². The number of hydrogen-bond donors (Lipinski definition) is 0. The van der Waals surface area contributed by atoms with Crippen molar-refractivity contribution in [3.05, 3.63) is 85.4 Å². The van der Waals surface area contributed by atoms with Gasteiger partial charge in [-0.3, -0.25) is 9.59 Å². The van der Waals surface area contributed by atoms with Gasteiger partial charge in [0.05, 0.1) is 6.20 Å². The van der Waals surface area contributed by atoms with Crippen molar-refractivity contribution in [1.82, 2.24) is 9.13 Å². The second-order valence-electron chi connectivity index (χ2n) is 7.43. The minimum atomic E-state index is -0.325. The highest BCUT2D eigenvalue weighted by Gasteiger charge is 2.21. The number of ether oxygens (including phenoxy) is 1. The summed E-state index contributed by atoms with van der Waals surface area (Å²) in [5, 5.41) is 0. The van der Waals surface area contributed by atoms with Crippen molar-refractivity contribution in [2.45, 2.75) is 20.3 Å². The number of hydrogen-bond acceptors (Lipinski definition) is 3. The van der Waals surface area contributed by atoms with Gasteiger partial charge in [0.25, 0.3) is 11.1 Å². The average Bonchev–Trinajstić information content (AvgIpc) is 3.14. The van der Waals surface area contributed by atoms with Crippen molar-refractivity contribution in [3.63, 3.8) is 0 Å². The first kappa shape index (κ1) is 18.9. The Labute approximate surface area is 167 Å². The molecule has 0 saturated carbocycles. The third kappa shape index (κ3) is 3.20. The Morgan fingerprint density at radius 1 is 0.966 bits per heavy atom. The van der Waals surface area contributed by atoms with Crippen LogP contribution in [0.15, 0.2) is 46.3 Å². The zero-order valence-corrected chi connectivity index (χ0v) is 16.7. The molecule has 0 radical (unpaired) electrons. The molecule has 0 bridgehead atoms. The van der Waals surface area contributed by atoms with Gasteiger partial charge in [0, 0.05) is 43.0 Å². The van der Waals surface area contributed by atoms with Crippen molar-refractivity contribution in [2.24, 2.45) is 14.1 Å². The molecule has 0 unspecified atom stereocenters. The molecule has 29 heavy (non-hydrogen) atoms. The molecule has 1 aliphatic carbocycles. The van der Waals surface area contributed by atoms with Crippen LogP contribution in [0, 0.1) is 19.7 Å². The zero-order chi connectivity index (χ0) is 20.9. The molecule has 1 aliphatic rings. The molecular weight excluding hydrogens is 371 g/mol. The quantitative estimate of drug-likeness (QED) is 0.680. The standard InChI is InChI=1S/C23H21FN2O3/c1-13-8-15(24)9-14(2)22(13)29-20-12-25(3)21(27)10-18(20)19-11-26(4)23(28)17-7-5-6-16(17)19/h5-6,8-12H,7H2,1-4H3. The first-order chi connectivity index (χ1) is 13.8. The van der Waals surface area contributed by atoms with Gasteiger partial charge in [-0.15, -0.1) is 0 Å². The molecule has 2 aromatic heterocycles. The Morgan fingerprint density at radius 3 is 2.34 bits per heavy atom. The van der Waals surface area contributed by atoms with Gasteiger partial charge in [-0.2, -0.15) is 0 Å². The molecule has 0 amide bonds. The maximum absolute atomic E-state index is 13.7. The largest absolute Gasteiger partial charge is 0.455 e. The van der Waals surface area contributed by atoms with Gasteiger partial charge in [0.1, 0.15) is 11.6 Å². The van der Waals surface area contributed by atoms with Crippen LogP contribution < -0.4 is 15.9 Å². The summed E-state index contributed by atoms with van der Waals surface area (Å²) in [5.41, 5.74) is 3.93. The number of rotatable bonds is 3. The van der Waals surface area contributed by atoms with E-state index in [4.69, 9.17) is 4.74 Å². The van der Waals surface area contributed by atoms with E-state index in [1.54, 1.807) is 40.3 Å². The number of halogens is 1. The molecule has 148 valence electrons. The van der Waals surface area contributed by atoms with E-state index in [1.165, 1.54) is 27.3 Å². The first-order valence-electron chi connectivity index (χ1n) is 9.31.